The number of hydrogen-bond donors (Lipinski definition) is 0. The molecule has 3 rings (SSSR count). The van der Waals surface area contributed by atoms with E-state index in [1.54, 1.807) is 20.3 Å². The number of benzene rings is 2. The Balaban J connectivity index is 2.03. The predicted octanol–water partition coefficient (Wildman–Crippen LogP) is 4.02. The van der Waals surface area contributed by atoms with Gasteiger partial charge in [0.15, 0.2) is 0 Å². The number of methoxy groups -OCH3 is 2. The molecule has 0 amide bonds. The summed E-state index contributed by atoms with van der Waals surface area (Å²) in [7, 11) is 3.18. The number of rotatable bonds is 3. The van der Waals surface area contributed by atoms with Gasteiger partial charge in [-0.3, -0.25) is 4.79 Å². The first-order valence-corrected chi connectivity index (χ1v) is 8.05. The molecule has 23 heavy (non-hydrogen) atoms. The van der Waals surface area contributed by atoms with Crippen LogP contribution >= 0.6 is 15.9 Å². The third-order valence-corrected chi connectivity index (χ3v) is 4.54. The summed E-state index contributed by atoms with van der Waals surface area (Å²) in [6, 6.07) is 9.48. The zero-order valence-corrected chi connectivity index (χ0v) is 14.8. The number of esters is 1. The van der Waals surface area contributed by atoms with Crippen molar-refractivity contribution >= 4 is 21.9 Å². The van der Waals surface area contributed by atoms with E-state index in [4.69, 9.17) is 14.2 Å². The third kappa shape index (κ3) is 3.06. The Bertz CT molecular complexity index is 748. The van der Waals surface area contributed by atoms with Crippen molar-refractivity contribution in [1.29, 1.82) is 0 Å². The molecule has 120 valence electrons. The minimum Gasteiger partial charge on any atom is -0.497 e. The molecule has 0 aliphatic carbocycles. The van der Waals surface area contributed by atoms with Crippen LogP contribution in [0.3, 0.4) is 0 Å². The van der Waals surface area contributed by atoms with E-state index >= 15 is 0 Å². The van der Waals surface area contributed by atoms with Crippen molar-refractivity contribution in [2.75, 3.05) is 14.2 Å². The number of carbonyl (C=O) groups is 1. The number of carbonyl (C=O) groups excluding carboxylic acids is 1. The molecule has 0 N–H and O–H groups in total. The number of ether oxygens (including phenoxy) is 3. The Morgan fingerprint density at radius 2 is 1.74 bits per heavy atom. The smallest absolute Gasteiger partial charge is 0.319 e. The van der Waals surface area contributed by atoms with Crippen LogP contribution < -0.4 is 14.2 Å². The van der Waals surface area contributed by atoms with E-state index in [9.17, 15) is 4.79 Å². The molecule has 5 heteroatoms. The topological polar surface area (TPSA) is 44.8 Å². The van der Waals surface area contributed by atoms with Crippen LogP contribution in [0.15, 0.2) is 34.8 Å². The maximum Gasteiger partial charge on any atom is 0.319 e. The van der Waals surface area contributed by atoms with Gasteiger partial charge >= 0.3 is 5.97 Å². The zero-order chi connectivity index (χ0) is 16.6. The summed E-state index contributed by atoms with van der Waals surface area (Å²) in [6.07, 6.45) is 0.588. The van der Waals surface area contributed by atoms with E-state index in [2.05, 4.69) is 22.0 Å². The molecule has 0 saturated carbocycles. The van der Waals surface area contributed by atoms with Crippen LogP contribution in [0.4, 0.5) is 0 Å². The second kappa shape index (κ2) is 6.24. The van der Waals surface area contributed by atoms with E-state index in [0.717, 1.165) is 21.2 Å². The van der Waals surface area contributed by atoms with Gasteiger partial charge < -0.3 is 14.2 Å². The van der Waals surface area contributed by atoms with Crippen LogP contribution in [0.2, 0.25) is 0 Å². The molecule has 0 bridgehead atoms. The fraction of sp³-hybridized carbons (Fsp3) is 0.278. The molecular weight excluding hydrogens is 360 g/mol. The second-order valence-corrected chi connectivity index (χ2v) is 6.41. The Morgan fingerprint density at radius 3 is 2.35 bits per heavy atom. The largest absolute Gasteiger partial charge is 0.497 e. The highest BCUT2D eigenvalue weighted by Crippen LogP contribution is 2.40. The van der Waals surface area contributed by atoms with E-state index in [1.807, 2.05) is 25.1 Å². The number of halogens is 1. The Hall–Kier alpha value is -2.01. The molecule has 1 atom stereocenters. The van der Waals surface area contributed by atoms with Crippen LogP contribution in [0.5, 0.6) is 17.2 Å². The van der Waals surface area contributed by atoms with Gasteiger partial charge in [-0.1, -0.05) is 6.07 Å². The molecule has 1 aliphatic rings. The van der Waals surface area contributed by atoms with Crippen LogP contribution in [0.1, 0.15) is 22.6 Å². The summed E-state index contributed by atoms with van der Waals surface area (Å²) >= 11 is 3.46. The lowest BCUT2D eigenvalue weighted by Gasteiger charge is -2.25. The van der Waals surface area contributed by atoms with Gasteiger partial charge in [-0.15, -0.1) is 0 Å². The lowest BCUT2D eigenvalue weighted by Crippen LogP contribution is -2.26. The molecule has 0 fully saturated rings. The number of hydrogen-bond acceptors (Lipinski definition) is 4. The average molecular weight is 377 g/mol. The summed E-state index contributed by atoms with van der Waals surface area (Å²) in [5, 5.41) is 0. The molecule has 1 heterocycles. The molecule has 0 spiro atoms. The molecular formula is C18H17BrO4. The monoisotopic (exact) mass is 376 g/mol. The zero-order valence-electron chi connectivity index (χ0n) is 13.2. The van der Waals surface area contributed by atoms with Crippen molar-refractivity contribution in [3.63, 3.8) is 0 Å². The molecule has 0 radical (unpaired) electrons. The maximum absolute atomic E-state index is 12.5. The van der Waals surface area contributed by atoms with Gasteiger partial charge in [-0.25, -0.2) is 0 Å². The Labute approximate surface area is 143 Å². The highest BCUT2D eigenvalue weighted by atomic mass is 79.9. The standard InChI is InChI=1S/C18H17BrO4/c1-10-4-12-8-15(18(20)23-17(12)16(19)5-10)11-6-13(21-2)9-14(7-11)22-3/h4-7,9,15H,8H2,1-3H3. The highest BCUT2D eigenvalue weighted by Gasteiger charge is 2.32. The lowest BCUT2D eigenvalue weighted by molar-refractivity contribution is -0.137. The second-order valence-electron chi connectivity index (χ2n) is 5.56. The van der Waals surface area contributed by atoms with E-state index < -0.39 is 0 Å². The van der Waals surface area contributed by atoms with E-state index in [-0.39, 0.29) is 11.9 Å². The average Bonchev–Trinajstić information content (AvgIpc) is 2.54. The fourth-order valence-corrected chi connectivity index (χ4v) is 3.52. The molecule has 1 aliphatic heterocycles. The van der Waals surface area contributed by atoms with E-state index in [0.29, 0.717) is 23.7 Å². The van der Waals surface area contributed by atoms with Crippen molar-refractivity contribution in [2.45, 2.75) is 19.3 Å². The van der Waals surface area contributed by atoms with Gasteiger partial charge in [0, 0.05) is 6.07 Å². The highest BCUT2D eigenvalue weighted by molar-refractivity contribution is 9.10. The first kappa shape index (κ1) is 15.9. The Kier molecular flexibility index (Phi) is 4.31. The summed E-state index contributed by atoms with van der Waals surface area (Å²) in [5.41, 5.74) is 2.97. The quantitative estimate of drug-likeness (QED) is 0.599. The molecule has 0 saturated heterocycles. The third-order valence-electron chi connectivity index (χ3n) is 3.95. The summed E-state index contributed by atoms with van der Waals surface area (Å²) in [5.74, 6) is 1.29. The van der Waals surface area contributed by atoms with Crippen molar-refractivity contribution in [3.8, 4) is 17.2 Å². The van der Waals surface area contributed by atoms with Gasteiger partial charge in [-0.05, 0) is 64.2 Å². The van der Waals surface area contributed by atoms with Gasteiger partial charge in [0.2, 0.25) is 0 Å². The summed E-state index contributed by atoms with van der Waals surface area (Å²) in [6.45, 7) is 2.02. The molecule has 0 aromatic heterocycles. The molecule has 2 aromatic carbocycles. The molecule has 2 aromatic rings. The van der Waals surface area contributed by atoms with Crippen molar-refractivity contribution in [2.24, 2.45) is 0 Å². The number of aryl methyl sites for hydroxylation is 1. The van der Waals surface area contributed by atoms with Crippen molar-refractivity contribution in [3.05, 3.63) is 51.5 Å². The van der Waals surface area contributed by atoms with Crippen molar-refractivity contribution < 1.29 is 19.0 Å². The van der Waals surface area contributed by atoms with Crippen molar-refractivity contribution in [1.82, 2.24) is 0 Å². The first-order valence-electron chi connectivity index (χ1n) is 7.25. The summed E-state index contributed by atoms with van der Waals surface area (Å²) in [4.78, 5) is 12.5. The van der Waals surface area contributed by atoms with Crippen LogP contribution in [-0.4, -0.2) is 20.2 Å². The molecule has 4 nitrogen and oxygen atoms in total. The van der Waals surface area contributed by atoms with Crippen LogP contribution in [0.25, 0.3) is 0 Å². The van der Waals surface area contributed by atoms with Gasteiger partial charge in [0.1, 0.15) is 17.2 Å². The van der Waals surface area contributed by atoms with Crippen LogP contribution in [0, 0.1) is 6.92 Å². The maximum atomic E-state index is 12.5. The normalized spacial score (nSPS) is 16.5. The minimum atomic E-state index is -0.375. The van der Waals surface area contributed by atoms with Gasteiger partial charge in [0.25, 0.3) is 0 Å². The Morgan fingerprint density at radius 1 is 1.09 bits per heavy atom. The molecule has 1 unspecified atom stereocenters. The van der Waals surface area contributed by atoms with Gasteiger partial charge in [-0.2, -0.15) is 0 Å². The summed E-state index contributed by atoms with van der Waals surface area (Å²) < 4.78 is 17.0. The minimum absolute atomic E-state index is 0.266. The fourth-order valence-electron chi connectivity index (χ4n) is 2.83. The lowest BCUT2D eigenvalue weighted by atomic mass is 9.89. The van der Waals surface area contributed by atoms with E-state index in [1.165, 1.54) is 0 Å². The first-order chi connectivity index (χ1) is 11.0. The number of fused-ring (bicyclic) bond motifs is 1. The van der Waals surface area contributed by atoms with Crippen LogP contribution in [-0.2, 0) is 11.2 Å². The van der Waals surface area contributed by atoms with Gasteiger partial charge in [0.05, 0.1) is 24.6 Å². The predicted molar refractivity (Wildman–Crippen MR) is 90.5 cm³/mol. The SMILES string of the molecule is COc1cc(OC)cc(C2Cc3cc(C)cc(Br)c3OC2=O)c1.